The second-order valence-corrected chi connectivity index (χ2v) is 6.17. The Kier molecular flexibility index (Phi) is 5.49. The minimum atomic E-state index is 0.00739. The Morgan fingerprint density at radius 1 is 1.21 bits per heavy atom. The molecule has 2 heterocycles. The molecule has 4 nitrogen and oxygen atoms in total. The van der Waals surface area contributed by atoms with Gasteiger partial charge in [0.15, 0.2) is 0 Å². The van der Waals surface area contributed by atoms with Gasteiger partial charge in [-0.05, 0) is 48.7 Å². The lowest BCUT2D eigenvalue weighted by atomic mass is 10.1. The Bertz CT molecular complexity index is 701. The number of ether oxygens (including phenoxy) is 1. The first-order chi connectivity index (χ1) is 11.7. The largest absolute Gasteiger partial charge is 0.488 e. The third-order valence-electron chi connectivity index (χ3n) is 3.93. The molecule has 1 aromatic heterocycles. The van der Waals surface area contributed by atoms with Crippen molar-refractivity contribution in [1.82, 2.24) is 9.88 Å². The van der Waals surface area contributed by atoms with Crippen LogP contribution in [0.15, 0.2) is 54.9 Å². The smallest absolute Gasteiger partial charge is 0.246 e. The van der Waals surface area contributed by atoms with E-state index in [2.05, 4.69) is 4.98 Å². The molecule has 0 radical (unpaired) electrons. The van der Waals surface area contributed by atoms with Crippen LogP contribution in [0.3, 0.4) is 0 Å². The summed E-state index contributed by atoms with van der Waals surface area (Å²) in [6.45, 7) is 1.37. The third-order valence-corrected chi connectivity index (χ3v) is 4.18. The van der Waals surface area contributed by atoms with Crippen molar-refractivity contribution in [2.75, 3.05) is 13.1 Å². The average Bonchev–Trinajstić information content (AvgIpc) is 2.62. The van der Waals surface area contributed by atoms with Crippen molar-refractivity contribution >= 4 is 23.6 Å². The van der Waals surface area contributed by atoms with Crippen molar-refractivity contribution in [1.29, 1.82) is 0 Å². The van der Waals surface area contributed by atoms with Gasteiger partial charge in [0, 0.05) is 30.0 Å². The first-order valence-electron chi connectivity index (χ1n) is 8.00. The number of carbonyl (C=O) groups is 1. The molecule has 2 aromatic rings. The van der Waals surface area contributed by atoms with Gasteiger partial charge in [0.2, 0.25) is 5.91 Å². The maximum Gasteiger partial charge on any atom is 0.246 e. The molecule has 3 rings (SSSR count). The Morgan fingerprint density at radius 2 is 1.96 bits per heavy atom. The van der Waals surface area contributed by atoms with Crippen LogP contribution in [-0.2, 0) is 4.79 Å². The van der Waals surface area contributed by atoms with Crippen molar-refractivity contribution in [3.05, 3.63) is 65.5 Å². The van der Waals surface area contributed by atoms with Crippen LogP contribution < -0.4 is 4.74 Å². The summed E-state index contributed by atoms with van der Waals surface area (Å²) in [5.74, 6) is 0.800. The normalized spacial score (nSPS) is 17.9. The van der Waals surface area contributed by atoms with Gasteiger partial charge in [-0.1, -0.05) is 23.7 Å². The van der Waals surface area contributed by atoms with Gasteiger partial charge >= 0.3 is 0 Å². The fourth-order valence-electron chi connectivity index (χ4n) is 2.69. The minimum absolute atomic E-state index is 0.00739. The lowest BCUT2D eigenvalue weighted by Gasteiger charge is -2.32. The van der Waals surface area contributed by atoms with Crippen LogP contribution in [0.2, 0.25) is 5.02 Å². The standard InChI is InChI=1S/C19H19ClN2O2/c20-16-6-3-15(4-7-16)5-8-19(23)22-13-1-2-18(14-22)24-17-9-11-21-12-10-17/h3-12,18H,1-2,13-14H2. The highest BCUT2D eigenvalue weighted by atomic mass is 35.5. The van der Waals surface area contributed by atoms with E-state index in [1.165, 1.54) is 0 Å². The van der Waals surface area contributed by atoms with Crippen LogP contribution in [0.25, 0.3) is 6.08 Å². The van der Waals surface area contributed by atoms with Gasteiger partial charge in [-0.25, -0.2) is 0 Å². The number of benzene rings is 1. The number of rotatable bonds is 4. The molecule has 5 heteroatoms. The highest BCUT2D eigenvalue weighted by molar-refractivity contribution is 6.30. The Morgan fingerprint density at radius 3 is 2.71 bits per heavy atom. The molecule has 0 bridgehead atoms. The van der Waals surface area contributed by atoms with Crippen molar-refractivity contribution in [2.45, 2.75) is 18.9 Å². The van der Waals surface area contributed by atoms with E-state index in [1.54, 1.807) is 18.5 Å². The summed E-state index contributed by atoms with van der Waals surface area (Å²) >= 11 is 5.86. The Hall–Kier alpha value is -2.33. The van der Waals surface area contributed by atoms with Gasteiger partial charge in [0.05, 0.1) is 6.54 Å². The number of hydrogen-bond donors (Lipinski definition) is 0. The number of hydrogen-bond acceptors (Lipinski definition) is 3. The quantitative estimate of drug-likeness (QED) is 0.793. The van der Waals surface area contributed by atoms with E-state index in [0.717, 1.165) is 30.7 Å². The predicted octanol–water partition coefficient (Wildman–Crippen LogP) is 3.82. The summed E-state index contributed by atoms with van der Waals surface area (Å²) in [7, 11) is 0. The highest BCUT2D eigenvalue weighted by Crippen LogP contribution is 2.18. The molecule has 1 amide bonds. The summed E-state index contributed by atoms with van der Waals surface area (Å²) in [4.78, 5) is 18.2. The first-order valence-corrected chi connectivity index (χ1v) is 8.38. The highest BCUT2D eigenvalue weighted by Gasteiger charge is 2.23. The van der Waals surface area contributed by atoms with Crippen LogP contribution in [-0.4, -0.2) is 35.0 Å². The molecule has 1 unspecified atom stereocenters. The van der Waals surface area contributed by atoms with Gasteiger partial charge < -0.3 is 9.64 Å². The zero-order chi connectivity index (χ0) is 16.8. The molecule has 1 saturated heterocycles. The molecule has 0 aliphatic carbocycles. The topological polar surface area (TPSA) is 42.4 Å². The molecular formula is C19H19ClN2O2. The van der Waals surface area contributed by atoms with E-state index < -0.39 is 0 Å². The second kappa shape index (κ2) is 7.97. The van der Waals surface area contributed by atoms with Crippen LogP contribution >= 0.6 is 11.6 Å². The summed E-state index contributed by atoms with van der Waals surface area (Å²) in [5, 5.41) is 0.686. The Balaban J connectivity index is 1.57. The number of likely N-dealkylation sites (tertiary alicyclic amines) is 1. The fourth-order valence-corrected chi connectivity index (χ4v) is 2.82. The maximum absolute atomic E-state index is 12.4. The van der Waals surface area contributed by atoms with Gasteiger partial charge in [-0.2, -0.15) is 0 Å². The maximum atomic E-state index is 12.4. The molecule has 1 aromatic carbocycles. The number of halogens is 1. The molecule has 1 aliphatic rings. The van der Waals surface area contributed by atoms with E-state index in [9.17, 15) is 4.79 Å². The molecule has 1 fully saturated rings. The number of aromatic nitrogens is 1. The number of amides is 1. The van der Waals surface area contributed by atoms with Crippen molar-refractivity contribution in [3.63, 3.8) is 0 Å². The van der Waals surface area contributed by atoms with Crippen molar-refractivity contribution in [2.24, 2.45) is 0 Å². The van der Waals surface area contributed by atoms with Crippen LogP contribution in [0.1, 0.15) is 18.4 Å². The zero-order valence-corrected chi connectivity index (χ0v) is 14.0. The van der Waals surface area contributed by atoms with Crippen LogP contribution in [0.5, 0.6) is 5.75 Å². The van der Waals surface area contributed by atoms with E-state index in [0.29, 0.717) is 11.6 Å². The van der Waals surface area contributed by atoms with Crippen molar-refractivity contribution in [3.8, 4) is 5.75 Å². The van der Waals surface area contributed by atoms with E-state index >= 15 is 0 Å². The zero-order valence-electron chi connectivity index (χ0n) is 13.3. The summed E-state index contributed by atoms with van der Waals surface area (Å²) < 4.78 is 5.94. The fraction of sp³-hybridized carbons (Fsp3) is 0.263. The molecule has 0 spiro atoms. The SMILES string of the molecule is O=C(C=Cc1ccc(Cl)cc1)N1CCCC(Oc2ccncc2)C1. The summed E-state index contributed by atoms with van der Waals surface area (Å²) in [5.41, 5.74) is 0.953. The van der Waals surface area contributed by atoms with E-state index in [-0.39, 0.29) is 12.0 Å². The second-order valence-electron chi connectivity index (χ2n) is 5.73. The van der Waals surface area contributed by atoms with Gasteiger partial charge in [-0.15, -0.1) is 0 Å². The molecule has 0 saturated carbocycles. The summed E-state index contributed by atoms with van der Waals surface area (Å²) in [6, 6.07) is 11.1. The first kappa shape index (κ1) is 16.5. The Labute approximate surface area is 146 Å². The number of carbonyl (C=O) groups excluding carboxylic acids is 1. The molecule has 1 atom stereocenters. The lowest BCUT2D eigenvalue weighted by Crippen LogP contribution is -2.43. The molecule has 24 heavy (non-hydrogen) atoms. The van der Waals surface area contributed by atoms with Crippen molar-refractivity contribution < 1.29 is 9.53 Å². The summed E-state index contributed by atoms with van der Waals surface area (Å²) in [6.07, 6.45) is 8.74. The molecular weight excluding hydrogens is 324 g/mol. The third kappa shape index (κ3) is 4.59. The molecule has 1 aliphatic heterocycles. The minimum Gasteiger partial charge on any atom is -0.488 e. The number of pyridine rings is 1. The van der Waals surface area contributed by atoms with Crippen LogP contribution in [0, 0.1) is 0 Å². The monoisotopic (exact) mass is 342 g/mol. The van der Waals surface area contributed by atoms with Gasteiger partial charge in [0.25, 0.3) is 0 Å². The lowest BCUT2D eigenvalue weighted by molar-refractivity contribution is -0.128. The van der Waals surface area contributed by atoms with Crippen LogP contribution in [0.4, 0.5) is 0 Å². The van der Waals surface area contributed by atoms with Gasteiger partial charge in [0.1, 0.15) is 11.9 Å². The predicted molar refractivity (Wildman–Crippen MR) is 95.0 cm³/mol. The van der Waals surface area contributed by atoms with E-state index in [1.807, 2.05) is 47.4 Å². The average molecular weight is 343 g/mol. The molecule has 0 N–H and O–H groups in total. The molecule has 124 valence electrons. The number of nitrogens with zero attached hydrogens (tertiary/aromatic N) is 2. The number of piperidine rings is 1. The van der Waals surface area contributed by atoms with Gasteiger partial charge in [-0.3, -0.25) is 9.78 Å². The van der Waals surface area contributed by atoms with E-state index in [4.69, 9.17) is 16.3 Å².